The van der Waals surface area contributed by atoms with Crippen molar-refractivity contribution in [3.05, 3.63) is 11.6 Å². The zero-order valence-corrected chi connectivity index (χ0v) is 6.75. The predicted octanol–water partition coefficient (Wildman–Crippen LogP) is 2.94. The standard InChI is InChI=1S/C7H10Cl2/c8-5-6-3-1-2-4-7(6)9/h3,7H,1-2,4-5H2. The highest BCUT2D eigenvalue weighted by molar-refractivity contribution is 6.25. The van der Waals surface area contributed by atoms with Crippen LogP contribution >= 0.6 is 23.2 Å². The molecule has 1 rings (SSSR count). The summed E-state index contributed by atoms with van der Waals surface area (Å²) in [7, 11) is 0. The fraction of sp³-hybridized carbons (Fsp3) is 0.714. The molecule has 0 radical (unpaired) electrons. The zero-order valence-electron chi connectivity index (χ0n) is 5.24. The van der Waals surface area contributed by atoms with Crippen LogP contribution in [0.2, 0.25) is 0 Å². The molecule has 1 aliphatic carbocycles. The fourth-order valence-electron chi connectivity index (χ4n) is 1.04. The van der Waals surface area contributed by atoms with Crippen LogP contribution in [0, 0.1) is 0 Å². The Hall–Kier alpha value is 0.320. The summed E-state index contributed by atoms with van der Waals surface area (Å²) < 4.78 is 0. The maximum absolute atomic E-state index is 5.93. The first kappa shape index (κ1) is 7.43. The minimum absolute atomic E-state index is 0.219. The average Bonchev–Trinajstić information content (AvgIpc) is 1.89. The van der Waals surface area contributed by atoms with E-state index in [-0.39, 0.29) is 5.38 Å². The molecule has 0 aromatic rings. The van der Waals surface area contributed by atoms with Gasteiger partial charge in [0.1, 0.15) is 0 Å². The van der Waals surface area contributed by atoms with Crippen LogP contribution in [0.4, 0.5) is 0 Å². The van der Waals surface area contributed by atoms with Crippen LogP contribution in [0.3, 0.4) is 0 Å². The van der Waals surface area contributed by atoms with Crippen molar-refractivity contribution < 1.29 is 0 Å². The zero-order chi connectivity index (χ0) is 6.69. The Labute approximate surface area is 65.8 Å². The summed E-state index contributed by atoms with van der Waals surface area (Å²) in [5.41, 5.74) is 1.21. The van der Waals surface area contributed by atoms with E-state index in [0.717, 1.165) is 12.8 Å². The summed E-state index contributed by atoms with van der Waals surface area (Å²) >= 11 is 11.6. The Morgan fingerprint density at radius 1 is 1.67 bits per heavy atom. The Morgan fingerprint density at radius 2 is 2.44 bits per heavy atom. The second kappa shape index (κ2) is 3.48. The van der Waals surface area contributed by atoms with E-state index in [1.54, 1.807) is 0 Å². The summed E-state index contributed by atoms with van der Waals surface area (Å²) in [5, 5.41) is 0.219. The molecule has 52 valence electrons. The van der Waals surface area contributed by atoms with Crippen molar-refractivity contribution in [3.63, 3.8) is 0 Å². The van der Waals surface area contributed by atoms with Gasteiger partial charge in [0.05, 0.1) is 5.38 Å². The molecule has 0 spiro atoms. The first-order chi connectivity index (χ1) is 4.34. The third kappa shape index (κ3) is 1.87. The van der Waals surface area contributed by atoms with Gasteiger partial charge in [-0.3, -0.25) is 0 Å². The molecular formula is C7H10Cl2. The number of alkyl halides is 2. The molecule has 1 aliphatic rings. The highest BCUT2D eigenvalue weighted by Crippen LogP contribution is 2.23. The summed E-state index contributed by atoms with van der Waals surface area (Å²) in [6.45, 7) is 0. The molecule has 1 unspecified atom stereocenters. The second-order valence-corrected chi connectivity index (χ2v) is 3.11. The molecule has 0 aromatic heterocycles. The minimum Gasteiger partial charge on any atom is -0.122 e. The largest absolute Gasteiger partial charge is 0.122 e. The Morgan fingerprint density at radius 3 is 2.89 bits per heavy atom. The summed E-state index contributed by atoms with van der Waals surface area (Å²) in [6.07, 6.45) is 5.63. The van der Waals surface area contributed by atoms with Gasteiger partial charge in [-0.05, 0) is 24.8 Å². The fourth-order valence-corrected chi connectivity index (χ4v) is 1.73. The molecule has 0 amide bonds. The lowest BCUT2D eigenvalue weighted by molar-refractivity contribution is 0.709. The van der Waals surface area contributed by atoms with Gasteiger partial charge in [-0.2, -0.15) is 0 Å². The number of hydrogen-bond donors (Lipinski definition) is 0. The highest BCUT2D eigenvalue weighted by Gasteiger charge is 2.12. The van der Waals surface area contributed by atoms with Crippen LogP contribution in [-0.4, -0.2) is 11.3 Å². The van der Waals surface area contributed by atoms with Gasteiger partial charge in [0, 0.05) is 5.88 Å². The first-order valence-electron chi connectivity index (χ1n) is 3.23. The van der Waals surface area contributed by atoms with E-state index >= 15 is 0 Å². The van der Waals surface area contributed by atoms with Gasteiger partial charge in [0.25, 0.3) is 0 Å². The van der Waals surface area contributed by atoms with Gasteiger partial charge in [-0.15, -0.1) is 23.2 Å². The van der Waals surface area contributed by atoms with Crippen LogP contribution in [0.25, 0.3) is 0 Å². The molecule has 0 saturated carbocycles. The van der Waals surface area contributed by atoms with Crippen LogP contribution in [0.5, 0.6) is 0 Å². The van der Waals surface area contributed by atoms with E-state index in [1.165, 1.54) is 12.0 Å². The molecule has 2 heteroatoms. The SMILES string of the molecule is ClCC1=CCCCC1Cl. The van der Waals surface area contributed by atoms with Crippen molar-refractivity contribution in [3.8, 4) is 0 Å². The van der Waals surface area contributed by atoms with Gasteiger partial charge in [-0.1, -0.05) is 6.08 Å². The second-order valence-electron chi connectivity index (χ2n) is 2.31. The lowest BCUT2D eigenvalue weighted by atomic mass is 10.0. The molecule has 0 heterocycles. The average molecular weight is 165 g/mol. The Kier molecular flexibility index (Phi) is 2.87. The summed E-state index contributed by atoms with van der Waals surface area (Å²) in [4.78, 5) is 0. The van der Waals surface area contributed by atoms with Gasteiger partial charge in [0.15, 0.2) is 0 Å². The van der Waals surface area contributed by atoms with Crippen LogP contribution < -0.4 is 0 Å². The van der Waals surface area contributed by atoms with Gasteiger partial charge in [-0.25, -0.2) is 0 Å². The summed E-state index contributed by atoms with van der Waals surface area (Å²) in [6, 6.07) is 0. The topological polar surface area (TPSA) is 0 Å². The van der Waals surface area contributed by atoms with Crippen molar-refractivity contribution in [1.29, 1.82) is 0 Å². The van der Waals surface area contributed by atoms with E-state index in [9.17, 15) is 0 Å². The van der Waals surface area contributed by atoms with Crippen LogP contribution in [-0.2, 0) is 0 Å². The van der Waals surface area contributed by atoms with E-state index in [0.29, 0.717) is 5.88 Å². The third-order valence-electron chi connectivity index (χ3n) is 1.62. The van der Waals surface area contributed by atoms with E-state index in [4.69, 9.17) is 23.2 Å². The minimum atomic E-state index is 0.219. The van der Waals surface area contributed by atoms with Crippen LogP contribution in [0.15, 0.2) is 11.6 Å². The molecule has 0 N–H and O–H groups in total. The molecule has 0 bridgehead atoms. The molecule has 0 fully saturated rings. The van der Waals surface area contributed by atoms with Crippen molar-refractivity contribution in [2.75, 3.05) is 5.88 Å². The predicted molar refractivity (Wildman–Crippen MR) is 42.3 cm³/mol. The molecule has 0 aromatic carbocycles. The van der Waals surface area contributed by atoms with E-state index in [1.807, 2.05) is 0 Å². The quantitative estimate of drug-likeness (QED) is 0.414. The van der Waals surface area contributed by atoms with Gasteiger partial charge < -0.3 is 0 Å². The summed E-state index contributed by atoms with van der Waals surface area (Å²) in [5.74, 6) is 0.605. The van der Waals surface area contributed by atoms with E-state index in [2.05, 4.69) is 6.08 Å². The molecule has 0 aliphatic heterocycles. The molecule has 1 atom stereocenters. The first-order valence-corrected chi connectivity index (χ1v) is 4.20. The van der Waals surface area contributed by atoms with Gasteiger partial charge >= 0.3 is 0 Å². The van der Waals surface area contributed by atoms with E-state index < -0.39 is 0 Å². The highest BCUT2D eigenvalue weighted by atomic mass is 35.5. The number of rotatable bonds is 1. The number of halogens is 2. The lowest BCUT2D eigenvalue weighted by Gasteiger charge is -2.15. The molecular weight excluding hydrogens is 155 g/mol. The maximum Gasteiger partial charge on any atom is 0.0556 e. The van der Waals surface area contributed by atoms with Crippen LogP contribution in [0.1, 0.15) is 19.3 Å². The number of allylic oxidation sites excluding steroid dienone is 2. The molecule has 0 nitrogen and oxygen atoms in total. The maximum atomic E-state index is 5.93. The Bertz CT molecular complexity index is 118. The van der Waals surface area contributed by atoms with Crippen molar-refractivity contribution in [2.24, 2.45) is 0 Å². The lowest BCUT2D eigenvalue weighted by Crippen LogP contribution is -2.08. The smallest absolute Gasteiger partial charge is 0.0556 e. The Balaban J connectivity index is 2.53. The van der Waals surface area contributed by atoms with Crippen molar-refractivity contribution >= 4 is 23.2 Å². The molecule has 0 saturated heterocycles. The normalized spacial score (nSPS) is 27.8. The van der Waals surface area contributed by atoms with Crippen molar-refractivity contribution in [1.82, 2.24) is 0 Å². The number of hydrogen-bond acceptors (Lipinski definition) is 0. The van der Waals surface area contributed by atoms with Gasteiger partial charge in [0.2, 0.25) is 0 Å². The molecule has 9 heavy (non-hydrogen) atoms. The van der Waals surface area contributed by atoms with Crippen molar-refractivity contribution in [2.45, 2.75) is 24.6 Å². The third-order valence-corrected chi connectivity index (χ3v) is 2.43. The monoisotopic (exact) mass is 164 g/mol.